The SMILES string of the molecule is CCOc1cccc(OCC)c1C(=O)Nc1cc(C(C)(CC)c2ccccc2)no1. The van der Waals surface area contributed by atoms with E-state index >= 15 is 0 Å². The number of nitrogens with zero attached hydrogens (tertiary/aromatic N) is 1. The summed E-state index contributed by atoms with van der Waals surface area (Å²) in [4.78, 5) is 13.0. The van der Waals surface area contributed by atoms with Gasteiger partial charge in [-0.15, -0.1) is 0 Å². The molecule has 158 valence electrons. The van der Waals surface area contributed by atoms with E-state index in [9.17, 15) is 4.79 Å². The molecule has 30 heavy (non-hydrogen) atoms. The molecule has 1 aromatic heterocycles. The summed E-state index contributed by atoms with van der Waals surface area (Å²) in [7, 11) is 0. The van der Waals surface area contributed by atoms with Crippen molar-refractivity contribution in [2.75, 3.05) is 18.5 Å². The molecule has 0 spiro atoms. The lowest BCUT2D eigenvalue weighted by atomic mass is 9.77. The molecule has 1 atom stereocenters. The zero-order valence-corrected chi connectivity index (χ0v) is 17.9. The van der Waals surface area contributed by atoms with Crippen molar-refractivity contribution < 1.29 is 18.8 Å². The van der Waals surface area contributed by atoms with Crippen molar-refractivity contribution in [3.63, 3.8) is 0 Å². The molecule has 2 aromatic carbocycles. The first kappa shape index (κ1) is 21.4. The molecular formula is C24H28N2O4. The van der Waals surface area contributed by atoms with Crippen molar-refractivity contribution >= 4 is 11.8 Å². The standard InChI is InChI=1S/C24H28N2O4/c1-5-24(4,17-12-9-8-10-13-17)20-16-21(30-26-20)25-23(27)22-18(28-6-2)14-11-15-19(22)29-7-3/h8-16H,5-7H2,1-4H3,(H,25,27). The predicted molar refractivity (Wildman–Crippen MR) is 116 cm³/mol. The van der Waals surface area contributed by atoms with Crippen LogP contribution in [-0.4, -0.2) is 24.3 Å². The number of nitrogens with one attached hydrogen (secondary N) is 1. The van der Waals surface area contributed by atoms with Crippen LogP contribution in [-0.2, 0) is 5.41 Å². The fourth-order valence-electron chi connectivity index (χ4n) is 3.39. The number of carbonyl (C=O) groups excluding carboxylic acids is 1. The van der Waals surface area contributed by atoms with Gasteiger partial charge < -0.3 is 14.0 Å². The quantitative estimate of drug-likeness (QED) is 0.510. The van der Waals surface area contributed by atoms with Crippen LogP contribution in [0.1, 0.15) is 55.7 Å². The fraction of sp³-hybridized carbons (Fsp3) is 0.333. The highest BCUT2D eigenvalue weighted by molar-refractivity contribution is 6.07. The maximum Gasteiger partial charge on any atom is 0.265 e. The summed E-state index contributed by atoms with van der Waals surface area (Å²) in [6.45, 7) is 8.83. The van der Waals surface area contributed by atoms with Crippen molar-refractivity contribution in [2.45, 2.75) is 39.5 Å². The number of hydrogen-bond acceptors (Lipinski definition) is 5. The second-order valence-corrected chi connectivity index (χ2v) is 7.08. The number of carbonyl (C=O) groups is 1. The molecule has 0 saturated carbocycles. The highest BCUT2D eigenvalue weighted by Gasteiger charge is 2.31. The molecule has 0 fully saturated rings. The minimum atomic E-state index is -0.372. The van der Waals surface area contributed by atoms with Gasteiger partial charge in [-0.3, -0.25) is 10.1 Å². The second-order valence-electron chi connectivity index (χ2n) is 7.08. The number of aromatic nitrogens is 1. The van der Waals surface area contributed by atoms with Gasteiger partial charge in [0, 0.05) is 11.5 Å². The second kappa shape index (κ2) is 9.48. The van der Waals surface area contributed by atoms with E-state index in [2.05, 4.69) is 36.5 Å². The van der Waals surface area contributed by atoms with Gasteiger partial charge in [0.05, 0.1) is 18.9 Å². The van der Waals surface area contributed by atoms with Crippen LogP contribution >= 0.6 is 0 Å². The summed E-state index contributed by atoms with van der Waals surface area (Å²) < 4.78 is 16.7. The average molecular weight is 408 g/mol. The van der Waals surface area contributed by atoms with E-state index in [4.69, 9.17) is 14.0 Å². The first-order valence-electron chi connectivity index (χ1n) is 10.3. The zero-order chi connectivity index (χ0) is 21.6. The Labute approximate surface area is 177 Å². The largest absolute Gasteiger partial charge is 0.493 e. The Morgan fingerprint density at radius 3 is 2.20 bits per heavy atom. The normalized spacial score (nSPS) is 12.8. The van der Waals surface area contributed by atoms with Gasteiger partial charge in [0.2, 0.25) is 5.88 Å². The summed E-state index contributed by atoms with van der Waals surface area (Å²) >= 11 is 0. The predicted octanol–water partition coefficient (Wildman–Crippen LogP) is 5.44. The Morgan fingerprint density at radius 1 is 1.00 bits per heavy atom. The molecule has 6 nitrogen and oxygen atoms in total. The molecule has 6 heteroatoms. The molecular weight excluding hydrogens is 380 g/mol. The Morgan fingerprint density at radius 2 is 1.63 bits per heavy atom. The summed E-state index contributed by atoms with van der Waals surface area (Å²) in [6, 6.07) is 17.2. The summed E-state index contributed by atoms with van der Waals surface area (Å²) in [5.74, 6) is 0.828. The van der Waals surface area contributed by atoms with Gasteiger partial charge in [-0.25, -0.2) is 0 Å². The van der Waals surface area contributed by atoms with Gasteiger partial charge in [0.15, 0.2) is 0 Å². The topological polar surface area (TPSA) is 73.6 Å². The number of anilines is 1. The minimum Gasteiger partial charge on any atom is -0.493 e. The van der Waals surface area contributed by atoms with E-state index in [-0.39, 0.29) is 17.2 Å². The maximum absolute atomic E-state index is 13.0. The minimum absolute atomic E-state index is 0.277. The van der Waals surface area contributed by atoms with Crippen LogP contribution in [0, 0.1) is 0 Å². The number of ether oxygens (including phenoxy) is 2. The highest BCUT2D eigenvalue weighted by atomic mass is 16.5. The van der Waals surface area contributed by atoms with Crippen molar-refractivity contribution in [3.8, 4) is 11.5 Å². The Balaban J connectivity index is 1.89. The molecule has 0 aliphatic rings. The maximum atomic E-state index is 13.0. The lowest BCUT2D eigenvalue weighted by molar-refractivity contribution is 0.101. The molecule has 1 N–H and O–H groups in total. The van der Waals surface area contributed by atoms with Gasteiger partial charge >= 0.3 is 0 Å². The molecule has 1 unspecified atom stereocenters. The number of rotatable bonds is 9. The van der Waals surface area contributed by atoms with E-state index in [1.807, 2.05) is 32.0 Å². The first-order valence-corrected chi connectivity index (χ1v) is 10.3. The molecule has 3 rings (SSSR count). The Hall–Kier alpha value is -3.28. The molecule has 0 radical (unpaired) electrons. The van der Waals surface area contributed by atoms with Crippen molar-refractivity contribution in [1.29, 1.82) is 0 Å². The van der Waals surface area contributed by atoms with Crippen LogP contribution in [0.25, 0.3) is 0 Å². The van der Waals surface area contributed by atoms with Crippen molar-refractivity contribution in [1.82, 2.24) is 5.16 Å². The van der Waals surface area contributed by atoms with E-state index in [1.165, 1.54) is 0 Å². The number of hydrogen-bond donors (Lipinski definition) is 1. The fourth-order valence-corrected chi connectivity index (χ4v) is 3.39. The summed E-state index contributed by atoms with van der Waals surface area (Å²) in [5.41, 5.74) is 1.90. The van der Waals surface area contributed by atoms with Crippen molar-refractivity contribution in [2.24, 2.45) is 0 Å². The monoisotopic (exact) mass is 408 g/mol. The van der Waals surface area contributed by atoms with E-state index in [0.717, 1.165) is 17.7 Å². The molecule has 3 aromatic rings. The molecule has 0 aliphatic heterocycles. The van der Waals surface area contributed by atoms with Gasteiger partial charge in [-0.2, -0.15) is 0 Å². The van der Waals surface area contributed by atoms with Gasteiger partial charge in [-0.1, -0.05) is 48.5 Å². The van der Waals surface area contributed by atoms with E-state index < -0.39 is 0 Å². The van der Waals surface area contributed by atoms with Crippen molar-refractivity contribution in [3.05, 3.63) is 71.4 Å². The third-order valence-electron chi connectivity index (χ3n) is 5.24. The lowest BCUT2D eigenvalue weighted by Gasteiger charge is -2.26. The number of benzene rings is 2. The van der Waals surface area contributed by atoms with Gasteiger partial charge in [0.25, 0.3) is 5.91 Å². The van der Waals surface area contributed by atoms with E-state index in [0.29, 0.717) is 30.3 Å². The van der Waals surface area contributed by atoms with Crippen LogP contribution in [0.3, 0.4) is 0 Å². The van der Waals surface area contributed by atoms with Crippen LogP contribution < -0.4 is 14.8 Å². The van der Waals surface area contributed by atoms with Gasteiger partial charge in [-0.05, 0) is 44.9 Å². The summed E-state index contributed by atoms with van der Waals surface area (Å²) in [6.07, 6.45) is 0.832. The highest BCUT2D eigenvalue weighted by Crippen LogP contribution is 2.36. The third-order valence-corrected chi connectivity index (χ3v) is 5.24. The van der Waals surface area contributed by atoms with Crippen LogP contribution in [0.15, 0.2) is 59.1 Å². The number of amides is 1. The van der Waals surface area contributed by atoms with Crippen LogP contribution in [0.5, 0.6) is 11.5 Å². The Bertz CT molecular complexity index is 960. The van der Waals surface area contributed by atoms with Gasteiger partial charge in [0.1, 0.15) is 17.1 Å². The third kappa shape index (κ3) is 4.32. The van der Waals surface area contributed by atoms with Crippen LogP contribution in [0.4, 0.5) is 5.88 Å². The lowest BCUT2D eigenvalue weighted by Crippen LogP contribution is -2.22. The average Bonchev–Trinajstić information content (AvgIpc) is 3.23. The smallest absolute Gasteiger partial charge is 0.265 e. The van der Waals surface area contributed by atoms with E-state index in [1.54, 1.807) is 24.3 Å². The molecule has 1 amide bonds. The zero-order valence-electron chi connectivity index (χ0n) is 17.9. The molecule has 0 bridgehead atoms. The van der Waals surface area contributed by atoms with Crippen LogP contribution in [0.2, 0.25) is 0 Å². The summed E-state index contributed by atoms with van der Waals surface area (Å²) in [5, 5.41) is 7.04. The Kier molecular flexibility index (Phi) is 6.77. The molecule has 1 heterocycles. The first-order chi connectivity index (χ1) is 14.5. The molecule has 0 saturated heterocycles. The molecule has 0 aliphatic carbocycles.